The summed E-state index contributed by atoms with van der Waals surface area (Å²) in [5.74, 6) is -0.908. The Morgan fingerprint density at radius 3 is 2.11 bits per heavy atom. The van der Waals surface area contributed by atoms with Crippen LogP contribution in [0, 0.1) is 0 Å². The van der Waals surface area contributed by atoms with Gasteiger partial charge in [-0.05, 0) is 25.1 Å². The van der Waals surface area contributed by atoms with E-state index in [1.807, 2.05) is 65.3 Å². The number of carbonyl (C=O) groups is 2. The SMILES string of the molecule is CC(=O)c1c(-c2ccc(C(=O)O)cc2)ncc(-c2ccc(-c3ccccc3)nc2)cn[nH]c1NI. The number of halogens is 1. The minimum absolute atomic E-state index is 0.139. The van der Waals surface area contributed by atoms with Gasteiger partial charge in [-0.2, -0.15) is 5.10 Å². The van der Waals surface area contributed by atoms with Crippen LogP contribution in [0.5, 0.6) is 0 Å². The molecule has 0 fully saturated rings. The highest BCUT2D eigenvalue weighted by Gasteiger charge is 2.16. The number of carboxylic acids is 1. The van der Waals surface area contributed by atoms with E-state index < -0.39 is 5.97 Å². The first-order valence-electron chi connectivity index (χ1n) is 10.5. The summed E-state index contributed by atoms with van der Waals surface area (Å²) in [4.78, 5) is 33.1. The minimum Gasteiger partial charge on any atom is -0.478 e. The van der Waals surface area contributed by atoms with Crippen molar-refractivity contribution in [2.75, 3.05) is 3.53 Å². The smallest absolute Gasteiger partial charge is 0.335 e. The summed E-state index contributed by atoms with van der Waals surface area (Å²) in [5, 5.41) is 16.4. The van der Waals surface area contributed by atoms with Crippen LogP contribution in [0.25, 0.3) is 33.6 Å². The molecular weight excluding hydrogens is 557 g/mol. The number of anilines is 1. The Labute approximate surface area is 215 Å². The second kappa shape index (κ2) is 10.9. The standard InChI is InChI=1S/C26H20IN5O3/c1-16(33)23-24(18-7-9-19(10-8-18)26(34)35)29-14-21(15-30-32-25(23)31-27)20-11-12-22(28-13-20)17-5-3-2-4-6-17/h2-15,31-32H,1H3,(H,34,35). The van der Waals surface area contributed by atoms with Crippen LogP contribution in [-0.2, 0) is 0 Å². The predicted molar refractivity (Wildman–Crippen MR) is 143 cm³/mol. The normalized spacial score (nSPS) is 10.3. The zero-order chi connectivity index (χ0) is 24.8. The van der Waals surface area contributed by atoms with Gasteiger partial charge in [0.1, 0.15) is 5.82 Å². The lowest BCUT2D eigenvalue weighted by Crippen LogP contribution is -2.03. The number of H-pyrrole nitrogens is 1. The average molecular weight is 577 g/mol. The van der Waals surface area contributed by atoms with Crippen LogP contribution in [0.1, 0.15) is 27.6 Å². The number of aromatic amines is 1. The van der Waals surface area contributed by atoms with Crippen molar-refractivity contribution in [3.05, 3.63) is 96.4 Å². The van der Waals surface area contributed by atoms with Crippen molar-refractivity contribution < 1.29 is 14.7 Å². The summed E-state index contributed by atoms with van der Waals surface area (Å²) in [6.45, 7) is 1.44. The molecule has 0 aliphatic heterocycles. The molecule has 35 heavy (non-hydrogen) atoms. The predicted octanol–water partition coefficient (Wildman–Crippen LogP) is 5.99. The number of nitrogens with zero attached hydrogens (tertiary/aromatic N) is 3. The molecule has 0 unspecified atom stereocenters. The number of hydrogen-bond acceptors (Lipinski definition) is 6. The molecule has 4 aromatic rings. The molecule has 0 radical (unpaired) electrons. The topological polar surface area (TPSA) is 121 Å². The summed E-state index contributed by atoms with van der Waals surface area (Å²) < 4.78 is 2.93. The lowest BCUT2D eigenvalue weighted by molar-refractivity contribution is 0.0696. The van der Waals surface area contributed by atoms with Crippen molar-refractivity contribution >= 4 is 40.4 Å². The van der Waals surface area contributed by atoms with E-state index in [0.29, 0.717) is 22.6 Å². The Hall–Kier alpha value is -4.12. The van der Waals surface area contributed by atoms with E-state index in [1.54, 1.807) is 30.7 Å². The molecule has 0 bridgehead atoms. The maximum absolute atomic E-state index is 12.6. The van der Waals surface area contributed by atoms with Gasteiger partial charge in [-0.1, -0.05) is 48.5 Å². The molecule has 4 rings (SSSR count). The van der Waals surface area contributed by atoms with E-state index >= 15 is 0 Å². The minimum atomic E-state index is -1.03. The lowest BCUT2D eigenvalue weighted by Gasteiger charge is -2.08. The Balaban J connectivity index is 1.87. The Kier molecular flexibility index (Phi) is 7.46. The molecule has 0 saturated heterocycles. The van der Waals surface area contributed by atoms with E-state index in [-0.39, 0.29) is 16.9 Å². The molecule has 3 N–H and O–H groups in total. The van der Waals surface area contributed by atoms with Gasteiger partial charge in [0.15, 0.2) is 5.78 Å². The molecule has 0 amide bonds. The first-order chi connectivity index (χ1) is 17.0. The maximum Gasteiger partial charge on any atom is 0.335 e. The van der Waals surface area contributed by atoms with Crippen molar-refractivity contribution in [3.63, 3.8) is 0 Å². The van der Waals surface area contributed by atoms with Crippen LogP contribution in [0.3, 0.4) is 0 Å². The third-order valence-electron chi connectivity index (χ3n) is 5.22. The summed E-state index contributed by atoms with van der Waals surface area (Å²) in [5.41, 5.74) is 4.69. The maximum atomic E-state index is 12.6. The lowest BCUT2D eigenvalue weighted by atomic mass is 10.0. The van der Waals surface area contributed by atoms with Crippen LogP contribution in [0.15, 0.2) is 85.3 Å². The highest BCUT2D eigenvalue weighted by molar-refractivity contribution is 14.1. The molecule has 0 aliphatic rings. The van der Waals surface area contributed by atoms with Crippen LogP contribution in [-0.4, -0.2) is 37.0 Å². The van der Waals surface area contributed by atoms with Crippen LogP contribution >= 0.6 is 22.9 Å². The van der Waals surface area contributed by atoms with Crippen molar-refractivity contribution in [3.8, 4) is 33.6 Å². The van der Waals surface area contributed by atoms with Gasteiger partial charge in [-0.25, -0.2) is 4.79 Å². The van der Waals surface area contributed by atoms with Gasteiger partial charge in [0.25, 0.3) is 0 Å². The molecular formula is C26H20IN5O3. The third-order valence-corrected chi connectivity index (χ3v) is 5.76. The van der Waals surface area contributed by atoms with Gasteiger partial charge in [0.2, 0.25) is 0 Å². The van der Waals surface area contributed by atoms with Gasteiger partial charge in [0, 0.05) is 34.6 Å². The number of carboxylic acid groups (broad SMARTS) is 1. The molecule has 8 nitrogen and oxygen atoms in total. The number of nitrogens with one attached hydrogen (secondary N) is 2. The number of rotatable bonds is 6. The molecule has 2 aromatic heterocycles. The third kappa shape index (κ3) is 5.52. The number of benzene rings is 2. The molecule has 0 saturated carbocycles. The van der Waals surface area contributed by atoms with E-state index in [0.717, 1.165) is 16.8 Å². The van der Waals surface area contributed by atoms with Crippen LogP contribution < -0.4 is 3.53 Å². The fourth-order valence-corrected chi connectivity index (χ4v) is 3.86. The molecule has 0 aliphatic carbocycles. The van der Waals surface area contributed by atoms with Gasteiger partial charge in [0.05, 0.1) is 51.6 Å². The molecule has 0 spiro atoms. The molecule has 0 atom stereocenters. The van der Waals surface area contributed by atoms with E-state index in [2.05, 4.69) is 23.7 Å². The van der Waals surface area contributed by atoms with E-state index in [4.69, 9.17) is 0 Å². The summed E-state index contributed by atoms with van der Waals surface area (Å²) in [6.07, 6.45) is 4.96. The summed E-state index contributed by atoms with van der Waals surface area (Å²) in [6, 6.07) is 19.9. The highest BCUT2D eigenvalue weighted by atomic mass is 127. The largest absolute Gasteiger partial charge is 0.478 e. The van der Waals surface area contributed by atoms with Gasteiger partial charge >= 0.3 is 5.97 Å². The van der Waals surface area contributed by atoms with Crippen molar-refractivity contribution in [2.24, 2.45) is 0 Å². The van der Waals surface area contributed by atoms with Gasteiger partial charge in [-0.15, -0.1) is 0 Å². The highest BCUT2D eigenvalue weighted by Crippen LogP contribution is 2.27. The number of hydrogen-bond donors (Lipinski definition) is 3. The van der Waals surface area contributed by atoms with Crippen molar-refractivity contribution in [1.29, 1.82) is 0 Å². The molecule has 174 valence electrons. The van der Waals surface area contributed by atoms with Crippen LogP contribution in [0.4, 0.5) is 5.82 Å². The number of pyridine rings is 1. The fraction of sp³-hybridized carbons (Fsp3) is 0.0385. The zero-order valence-electron chi connectivity index (χ0n) is 18.6. The fourth-order valence-electron chi connectivity index (χ4n) is 3.47. The Morgan fingerprint density at radius 2 is 1.51 bits per heavy atom. The number of Topliss-reactive ketones (excluding diaryl/α,β-unsaturated/α-hetero) is 1. The second-order valence-electron chi connectivity index (χ2n) is 7.51. The quantitative estimate of drug-likeness (QED) is 0.146. The van der Waals surface area contributed by atoms with Gasteiger partial charge < -0.3 is 8.64 Å². The van der Waals surface area contributed by atoms with E-state index in [9.17, 15) is 14.7 Å². The number of aromatic nitrogens is 4. The monoisotopic (exact) mass is 577 g/mol. The number of aromatic carboxylic acids is 1. The molecule has 2 heterocycles. The first kappa shape index (κ1) is 24.0. The number of carbonyl (C=O) groups excluding carboxylic acids is 1. The average Bonchev–Trinajstić information content (AvgIpc) is 2.98. The number of ketones is 1. The molecule has 2 aromatic carbocycles. The van der Waals surface area contributed by atoms with Crippen LogP contribution in [0.2, 0.25) is 0 Å². The van der Waals surface area contributed by atoms with Crippen molar-refractivity contribution in [2.45, 2.75) is 6.92 Å². The Morgan fingerprint density at radius 1 is 0.829 bits per heavy atom. The van der Waals surface area contributed by atoms with Gasteiger partial charge in [-0.3, -0.25) is 19.9 Å². The van der Waals surface area contributed by atoms with Crippen molar-refractivity contribution in [1.82, 2.24) is 20.2 Å². The summed E-state index contributed by atoms with van der Waals surface area (Å²) in [7, 11) is 0. The second-order valence-corrected chi connectivity index (χ2v) is 8.05. The Bertz CT molecular complexity index is 1420. The molecule has 9 heteroatoms. The first-order valence-corrected chi connectivity index (χ1v) is 11.6. The summed E-state index contributed by atoms with van der Waals surface area (Å²) >= 11 is 1.91. The zero-order valence-corrected chi connectivity index (χ0v) is 20.7. The van der Waals surface area contributed by atoms with E-state index in [1.165, 1.54) is 19.1 Å².